The van der Waals surface area contributed by atoms with Crippen LogP contribution in [0.1, 0.15) is 17.0 Å². The third kappa shape index (κ3) is 6.05. The number of hydrogen-bond donors (Lipinski definition) is 1. The lowest BCUT2D eigenvalue weighted by molar-refractivity contribution is 0.169. The highest BCUT2D eigenvalue weighted by Crippen LogP contribution is 2.15. The standard InChI is InChI=1S/C23H28N6O2/c1-24-23(29-12-10-28(11-13-29)17-20-8-14-31-27-20)26-16-19-5-4-7-22(15-19)30-18-21-6-2-3-9-25-21/h2-9,14-15H,10-13,16-18H2,1H3,(H,24,26). The maximum absolute atomic E-state index is 5.89. The average Bonchev–Trinajstić information content (AvgIpc) is 3.33. The topological polar surface area (TPSA) is 79.0 Å². The van der Waals surface area contributed by atoms with Gasteiger partial charge in [0.2, 0.25) is 0 Å². The number of rotatable bonds is 7. The van der Waals surface area contributed by atoms with Gasteiger partial charge in [-0.05, 0) is 29.8 Å². The number of aromatic nitrogens is 2. The fourth-order valence-electron chi connectivity index (χ4n) is 3.57. The first-order valence-electron chi connectivity index (χ1n) is 10.5. The number of aliphatic imine (C=N–C) groups is 1. The van der Waals surface area contributed by atoms with Crippen LogP contribution in [0.25, 0.3) is 0 Å². The van der Waals surface area contributed by atoms with Crippen molar-refractivity contribution in [1.29, 1.82) is 0 Å². The zero-order chi connectivity index (χ0) is 21.3. The maximum atomic E-state index is 5.89. The molecule has 0 spiro atoms. The Kier molecular flexibility index (Phi) is 7.12. The van der Waals surface area contributed by atoms with Crippen LogP contribution in [-0.4, -0.2) is 59.1 Å². The molecule has 3 heterocycles. The summed E-state index contributed by atoms with van der Waals surface area (Å²) in [6.45, 7) is 5.73. The van der Waals surface area contributed by atoms with E-state index >= 15 is 0 Å². The summed E-state index contributed by atoms with van der Waals surface area (Å²) in [6.07, 6.45) is 3.40. The molecule has 1 fully saturated rings. The third-order valence-corrected chi connectivity index (χ3v) is 5.22. The molecule has 1 aliphatic heterocycles. The Morgan fingerprint density at radius 2 is 2.00 bits per heavy atom. The number of piperazine rings is 1. The van der Waals surface area contributed by atoms with Gasteiger partial charge in [-0.2, -0.15) is 0 Å². The summed E-state index contributed by atoms with van der Waals surface area (Å²) in [5.41, 5.74) is 3.03. The van der Waals surface area contributed by atoms with Crippen molar-refractivity contribution in [1.82, 2.24) is 25.3 Å². The monoisotopic (exact) mass is 420 g/mol. The van der Waals surface area contributed by atoms with Crippen LogP contribution in [-0.2, 0) is 19.7 Å². The molecule has 0 radical (unpaired) electrons. The van der Waals surface area contributed by atoms with E-state index in [9.17, 15) is 0 Å². The van der Waals surface area contributed by atoms with Gasteiger partial charge in [0.25, 0.3) is 0 Å². The van der Waals surface area contributed by atoms with E-state index in [2.05, 4.69) is 42.4 Å². The molecule has 1 aromatic carbocycles. The Morgan fingerprint density at radius 3 is 2.74 bits per heavy atom. The van der Waals surface area contributed by atoms with Crippen molar-refractivity contribution < 1.29 is 9.26 Å². The van der Waals surface area contributed by atoms with Crippen molar-refractivity contribution in [2.45, 2.75) is 19.7 Å². The molecule has 1 saturated heterocycles. The molecule has 162 valence electrons. The van der Waals surface area contributed by atoms with Crippen LogP contribution in [0, 0.1) is 0 Å². The van der Waals surface area contributed by atoms with Crippen LogP contribution in [0.15, 0.2) is 70.5 Å². The van der Waals surface area contributed by atoms with Crippen LogP contribution < -0.4 is 10.1 Å². The predicted molar refractivity (Wildman–Crippen MR) is 119 cm³/mol. The lowest BCUT2D eigenvalue weighted by atomic mass is 10.2. The minimum atomic E-state index is 0.456. The van der Waals surface area contributed by atoms with Gasteiger partial charge in [-0.3, -0.25) is 14.9 Å². The van der Waals surface area contributed by atoms with Crippen LogP contribution in [0.3, 0.4) is 0 Å². The van der Waals surface area contributed by atoms with Gasteiger partial charge in [0.15, 0.2) is 5.96 Å². The van der Waals surface area contributed by atoms with E-state index in [0.29, 0.717) is 13.2 Å². The average molecular weight is 421 g/mol. The quantitative estimate of drug-likeness (QED) is 0.465. The van der Waals surface area contributed by atoms with Crippen molar-refractivity contribution in [2.75, 3.05) is 33.2 Å². The second-order valence-electron chi connectivity index (χ2n) is 7.41. The lowest BCUT2D eigenvalue weighted by Gasteiger charge is -2.36. The van der Waals surface area contributed by atoms with Crippen LogP contribution in [0.2, 0.25) is 0 Å². The van der Waals surface area contributed by atoms with Crippen LogP contribution in [0.4, 0.5) is 0 Å². The molecule has 4 rings (SSSR count). The summed E-state index contributed by atoms with van der Waals surface area (Å²) in [7, 11) is 1.83. The smallest absolute Gasteiger partial charge is 0.194 e. The van der Waals surface area contributed by atoms with Gasteiger partial charge >= 0.3 is 0 Å². The van der Waals surface area contributed by atoms with Crippen LogP contribution in [0.5, 0.6) is 5.75 Å². The number of pyridine rings is 1. The molecule has 0 atom stereocenters. The molecule has 3 aromatic rings. The van der Waals surface area contributed by atoms with Gasteiger partial charge in [0.1, 0.15) is 18.6 Å². The Morgan fingerprint density at radius 1 is 1.10 bits per heavy atom. The summed E-state index contributed by atoms with van der Waals surface area (Å²) in [5.74, 6) is 1.75. The lowest BCUT2D eigenvalue weighted by Crippen LogP contribution is -2.52. The third-order valence-electron chi connectivity index (χ3n) is 5.22. The Labute approximate surface area is 182 Å². The molecular weight excluding hydrogens is 392 g/mol. The Balaban J connectivity index is 1.25. The van der Waals surface area contributed by atoms with Gasteiger partial charge in [0, 0.05) is 58.6 Å². The van der Waals surface area contributed by atoms with E-state index in [1.807, 2.05) is 43.4 Å². The van der Waals surface area contributed by atoms with E-state index in [4.69, 9.17) is 9.26 Å². The molecule has 2 aromatic heterocycles. The van der Waals surface area contributed by atoms with Crippen molar-refractivity contribution in [3.8, 4) is 5.75 Å². The van der Waals surface area contributed by atoms with Crippen molar-refractivity contribution in [3.05, 3.63) is 77.9 Å². The minimum Gasteiger partial charge on any atom is -0.487 e. The fourth-order valence-corrected chi connectivity index (χ4v) is 3.57. The largest absolute Gasteiger partial charge is 0.487 e. The Bertz CT molecular complexity index is 953. The molecule has 31 heavy (non-hydrogen) atoms. The number of ether oxygens (including phenoxy) is 1. The number of hydrogen-bond acceptors (Lipinski definition) is 6. The number of guanidine groups is 1. The SMILES string of the molecule is CN=C(NCc1cccc(OCc2ccccn2)c1)N1CCN(Cc2ccon2)CC1. The van der Waals surface area contributed by atoms with E-state index in [1.54, 1.807) is 12.5 Å². The number of nitrogens with zero attached hydrogens (tertiary/aromatic N) is 5. The highest BCUT2D eigenvalue weighted by Gasteiger charge is 2.20. The molecule has 8 heteroatoms. The second kappa shape index (κ2) is 10.6. The van der Waals surface area contributed by atoms with Gasteiger partial charge in [-0.1, -0.05) is 23.4 Å². The molecule has 0 amide bonds. The van der Waals surface area contributed by atoms with Crippen molar-refractivity contribution >= 4 is 5.96 Å². The van der Waals surface area contributed by atoms with Crippen LogP contribution >= 0.6 is 0 Å². The highest BCUT2D eigenvalue weighted by atomic mass is 16.5. The van der Waals surface area contributed by atoms with Gasteiger partial charge in [-0.25, -0.2) is 0 Å². The molecule has 0 saturated carbocycles. The zero-order valence-corrected chi connectivity index (χ0v) is 17.8. The summed E-state index contributed by atoms with van der Waals surface area (Å²) < 4.78 is 10.8. The summed E-state index contributed by atoms with van der Waals surface area (Å²) in [4.78, 5) is 13.4. The molecular formula is C23H28N6O2. The number of benzene rings is 1. The first kappa shape index (κ1) is 20.9. The maximum Gasteiger partial charge on any atom is 0.194 e. The summed E-state index contributed by atoms with van der Waals surface area (Å²) in [6, 6.07) is 15.9. The van der Waals surface area contributed by atoms with Crippen molar-refractivity contribution in [2.24, 2.45) is 4.99 Å². The second-order valence-corrected chi connectivity index (χ2v) is 7.41. The molecule has 0 aliphatic carbocycles. The van der Waals surface area contributed by atoms with E-state index in [-0.39, 0.29) is 0 Å². The minimum absolute atomic E-state index is 0.456. The highest BCUT2D eigenvalue weighted by molar-refractivity contribution is 5.80. The molecule has 0 unspecified atom stereocenters. The van der Waals surface area contributed by atoms with E-state index in [0.717, 1.165) is 61.4 Å². The molecule has 8 nitrogen and oxygen atoms in total. The van der Waals surface area contributed by atoms with Gasteiger partial charge in [-0.15, -0.1) is 0 Å². The summed E-state index contributed by atoms with van der Waals surface area (Å²) >= 11 is 0. The Hall–Kier alpha value is -3.39. The normalized spacial score (nSPS) is 15.1. The molecule has 1 N–H and O–H groups in total. The van der Waals surface area contributed by atoms with E-state index in [1.165, 1.54) is 0 Å². The molecule has 0 bridgehead atoms. The number of nitrogens with one attached hydrogen (secondary N) is 1. The van der Waals surface area contributed by atoms with Gasteiger partial charge in [0.05, 0.1) is 11.4 Å². The molecule has 1 aliphatic rings. The summed E-state index contributed by atoms with van der Waals surface area (Å²) in [5, 5.41) is 7.48. The first-order chi connectivity index (χ1) is 15.3. The van der Waals surface area contributed by atoms with E-state index < -0.39 is 0 Å². The zero-order valence-electron chi connectivity index (χ0n) is 17.8. The predicted octanol–water partition coefficient (Wildman–Crippen LogP) is 2.54. The van der Waals surface area contributed by atoms with Gasteiger partial charge < -0.3 is 19.5 Å². The fraction of sp³-hybridized carbons (Fsp3) is 0.348. The first-order valence-corrected chi connectivity index (χ1v) is 10.5. The van der Waals surface area contributed by atoms with Crippen molar-refractivity contribution in [3.63, 3.8) is 0 Å².